The standard InChI is InChI=1S/C8H10N6O2S/c1-2-13-4-6(3-9-13)14-8(10-11-12-14)17-5-7(15)16/h3-4H,2,5H2,1H3,(H,15,16). The van der Waals surface area contributed by atoms with Crippen molar-refractivity contribution in [2.24, 2.45) is 0 Å². The van der Waals surface area contributed by atoms with E-state index in [4.69, 9.17) is 5.11 Å². The lowest BCUT2D eigenvalue weighted by Gasteiger charge is -1.98. The number of aliphatic carboxylic acids is 1. The van der Waals surface area contributed by atoms with E-state index in [0.717, 1.165) is 18.3 Å². The molecular weight excluding hydrogens is 244 g/mol. The number of carboxylic acid groups (broad SMARTS) is 1. The van der Waals surface area contributed by atoms with E-state index in [0.29, 0.717) is 10.8 Å². The van der Waals surface area contributed by atoms with Crippen LogP contribution in [0.4, 0.5) is 0 Å². The van der Waals surface area contributed by atoms with Gasteiger partial charge in [-0.2, -0.15) is 9.78 Å². The fourth-order valence-corrected chi connectivity index (χ4v) is 1.80. The first-order chi connectivity index (χ1) is 8.20. The lowest BCUT2D eigenvalue weighted by molar-refractivity contribution is -0.133. The highest BCUT2D eigenvalue weighted by Gasteiger charge is 2.12. The second-order valence-electron chi connectivity index (χ2n) is 3.11. The summed E-state index contributed by atoms with van der Waals surface area (Å²) in [6, 6.07) is 0. The van der Waals surface area contributed by atoms with Gasteiger partial charge in [-0.25, -0.2) is 0 Å². The van der Waals surface area contributed by atoms with Crippen molar-refractivity contribution in [3.8, 4) is 5.69 Å². The van der Waals surface area contributed by atoms with E-state index in [1.54, 1.807) is 17.1 Å². The van der Waals surface area contributed by atoms with Crippen LogP contribution in [0.5, 0.6) is 0 Å². The summed E-state index contributed by atoms with van der Waals surface area (Å²) in [6.07, 6.45) is 3.42. The number of thioether (sulfide) groups is 1. The van der Waals surface area contributed by atoms with Crippen LogP contribution in [0.2, 0.25) is 0 Å². The Morgan fingerprint density at radius 2 is 2.41 bits per heavy atom. The molecule has 2 aromatic rings. The summed E-state index contributed by atoms with van der Waals surface area (Å²) in [6.45, 7) is 2.72. The third-order valence-electron chi connectivity index (χ3n) is 1.95. The highest BCUT2D eigenvalue weighted by molar-refractivity contribution is 7.99. The zero-order chi connectivity index (χ0) is 12.3. The van der Waals surface area contributed by atoms with Crippen molar-refractivity contribution in [1.29, 1.82) is 0 Å². The summed E-state index contributed by atoms with van der Waals surface area (Å²) in [4.78, 5) is 10.5. The van der Waals surface area contributed by atoms with Gasteiger partial charge in [-0.1, -0.05) is 11.8 Å². The van der Waals surface area contributed by atoms with E-state index in [1.807, 2.05) is 6.92 Å². The van der Waals surface area contributed by atoms with E-state index in [-0.39, 0.29) is 5.75 Å². The molecule has 0 aromatic carbocycles. The van der Waals surface area contributed by atoms with Gasteiger partial charge in [0.15, 0.2) is 0 Å². The van der Waals surface area contributed by atoms with Crippen molar-refractivity contribution < 1.29 is 9.90 Å². The molecule has 0 spiro atoms. The largest absolute Gasteiger partial charge is 0.481 e. The second-order valence-corrected chi connectivity index (χ2v) is 4.05. The van der Waals surface area contributed by atoms with Gasteiger partial charge in [0.2, 0.25) is 5.16 Å². The average molecular weight is 254 g/mol. The third kappa shape index (κ3) is 2.61. The molecule has 0 aliphatic carbocycles. The normalized spacial score (nSPS) is 10.6. The van der Waals surface area contributed by atoms with Crippen LogP contribution in [0.15, 0.2) is 17.6 Å². The first-order valence-electron chi connectivity index (χ1n) is 4.86. The Hall–Kier alpha value is -1.90. The van der Waals surface area contributed by atoms with Crippen molar-refractivity contribution in [3.63, 3.8) is 0 Å². The Kier molecular flexibility index (Phi) is 3.38. The Balaban J connectivity index is 2.20. The number of tetrazole rings is 1. The molecule has 0 saturated heterocycles. The molecule has 8 nitrogen and oxygen atoms in total. The molecule has 0 bridgehead atoms. The Morgan fingerprint density at radius 1 is 1.59 bits per heavy atom. The molecule has 2 heterocycles. The van der Waals surface area contributed by atoms with Crippen LogP contribution in [0.3, 0.4) is 0 Å². The number of nitrogens with zero attached hydrogens (tertiary/aromatic N) is 6. The van der Waals surface area contributed by atoms with Crippen molar-refractivity contribution in [3.05, 3.63) is 12.4 Å². The third-order valence-corrected chi connectivity index (χ3v) is 2.86. The molecule has 0 radical (unpaired) electrons. The van der Waals surface area contributed by atoms with Gasteiger partial charge < -0.3 is 5.11 Å². The zero-order valence-corrected chi connectivity index (χ0v) is 9.83. The molecule has 2 rings (SSSR count). The first kappa shape index (κ1) is 11.6. The summed E-state index contributed by atoms with van der Waals surface area (Å²) in [5.74, 6) is -0.990. The van der Waals surface area contributed by atoms with Crippen molar-refractivity contribution in [2.45, 2.75) is 18.6 Å². The molecule has 0 unspecified atom stereocenters. The number of carbonyl (C=O) groups is 1. The van der Waals surface area contributed by atoms with Gasteiger partial charge in [0.25, 0.3) is 0 Å². The molecule has 0 fully saturated rings. The van der Waals surface area contributed by atoms with Crippen LogP contribution in [0.25, 0.3) is 5.69 Å². The minimum Gasteiger partial charge on any atom is -0.481 e. The van der Waals surface area contributed by atoms with E-state index in [2.05, 4.69) is 20.6 Å². The van der Waals surface area contributed by atoms with E-state index in [1.165, 1.54) is 4.68 Å². The maximum absolute atomic E-state index is 10.5. The molecular formula is C8H10N6O2S. The van der Waals surface area contributed by atoms with Gasteiger partial charge in [-0.05, 0) is 17.4 Å². The van der Waals surface area contributed by atoms with Crippen LogP contribution in [-0.4, -0.2) is 46.8 Å². The fraction of sp³-hybridized carbons (Fsp3) is 0.375. The smallest absolute Gasteiger partial charge is 0.313 e. The quantitative estimate of drug-likeness (QED) is 0.753. The molecule has 1 N–H and O–H groups in total. The Bertz CT molecular complexity index is 522. The molecule has 17 heavy (non-hydrogen) atoms. The number of hydrogen-bond donors (Lipinski definition) is 1. The molecule has 0 saturated carbocycles. The van der Waals surface area contributed by atoms with E-state index < -0.39 is 5.97 Å². The number of rotatable bonds is 5. The summed E-state index contributed by atoms with van der Waals surface area (Å²) in [5.41, 5.74) is 0.713. The van der Waals surface area contributed by atoms with Gasteiger partial charge in [-0.3, -0.25) is 9.48 Å². The topological polar surface area (TPSA) is 98.7 Å². The number of aryl methyl sites for hydroxylation is 1. The highest BCUT2D eigenvalue weighted by atomic mass is 32.2. The monoisotopic (exact) mass is 254 g/mol. The fourth-order valence-electron chi connectivity index (χ4n) is 1.19. The van der Waals surface area contributed by atoms with Gasteiger partial charge >= 0.3 is 5.97 Å². The van der Waals surface area contributed by atoms with Crippen LogP contribution in [0.1, 0.15) is 6.92 Å². The summed E-state index contributed by atoms with van der Waals surface area (Å²) < 4.78 is 3.20. The van der Waals surface area contributed by atoms with Crippen molar-refractivity contribution >= 4 is 17.7 Å². The highest BCUT2D eigenvalue weighted by Crippen LogP contribution is 2.17. The van der Waals surface area contributed by atoms with Crippen molar-refractivity contribution in [2.75, 3.05) is 5.75 Å². The van der Waals surface area contributed by atoms with Crippen molar-refractivity contribution in [1.82, 2.24) is 30.0 Å². The van der Waals surface area contributed by atoms with Crippen LogP contribution in [-0.2, 0) is 11.3 Å². The van der Waals surface area contributed by atoms with Gasteiger partial charge in [0, 0.05) is 6.54 Å². The molecule has 0 aliphatic rings. The number of carboxylic acids is 1. The number of hydrogen-bond acceptors (Lipinski definition) is 6. The maximum Gasteiger partial charge on any atom is 0.313 e. The molecule has 90 valence electrons. The first-order valence-corrected chi connectivity index (χ1v) is 5.85. The summed E-state index contributed by atoms with van der Waals surface area (Å²) in [5, 5.41) is 24.2. The van der Waals surface area contributed by atoms with E-state index in [9.17, 15) is 4.79 Å². The van der Waals surface area contributed by atoms with Crippen LogP contribution < -0.4 is 0 Å². The lowest BCUT2D eigenvalue weighted by Crippen LogP contribution is -2.02. The summed E-state index contributed by atoms with van der Waals surface area (Å²) in [7, 11) is 0. The minimum absolute atomic E-state index is 0.0811. The van der Waals surface area contributed by atoms with Gasteiger partial charge in [0.1, 0.15) is 5.69 Å². The average Bonchev–Trinajstić information content (AvgIpc) is 2.94. The summed E-state index contributed by atoms with van der Waals surface area (Å²) >= 11 is 1.06. The predicted octanol–water partition coefficient (Wildman–Crippen LogP) is 0.0554. The van der Waals surface area contributed by atoms with E-state index >= 15 is 0 Å². The molecule has 0 aliphatic heterocycles. The molecule has 2 aromatic heterocycles. The molecule has 0 atom stereocenters. The van der Waals surface area contributed by atoms with Crippen LogP contribution >= 0.6 is 11.8 Å². The predicted molar refractivity (Wildman–Crippen MR) is 59.0 cm³/mol. The minimum atomic E-state index is -0.909. The molecule has 0 amide bonds. The Morgan fingerprint density at radius 3 is 3.06 bits per heavy atom. The lowest BCUT2D eigenvalue weighted by atomic mass is 10.6. The van der Waals surface area contributed by atoms with Crippen LogP contribution in [0, 0.1) is 0 Å². The van der Waals surface area contributed by atoms with Gasteiger partial charge in [-0.15, -0.1) is 5.10 Å². The Labute approximate surface area is 101 Å². The SMILES string of the molecule is CCn1cc(-n2nnnc2SCC(=O)O)cn1. The zero-order valence-electron chi connectivity index (χ0n) is 9.02. The second kappa shape index (κ2) is 4.95. The molecule has 9 heteroatoms. The number of aromatic nitrogens is 6. The van der Waals surface area contributed by atoms with Gasteiger partial charge in [0.05, 0.1) is 18.1 Å². The maximum atomic E-state index is 10.5.